The van der Waals surface area contributed by atoms with Gasteiger partial charge in [-0.1, -0.05) is 49.4 Å². The van der Waals surface area contributed by atoms with Gasteiger partial charge in [0.2, 0.25) is 5.91 Å². The highest BCUT2D eigenvalue weighted by atomic mass is 32.2. The first-order valence-corrected chi connectivity index (χ1v) is 13.2. The van der Waals surface area contributed by atoms with E-state index in [-0.39, 0.29) is 17.2 Å². The normalized spacial score (nSPS) is 15.4. The quantitative estimate of drug-likeness (QED) is 0.277. The number of rotatable bonds is 7. The lowest BCUT2D eigenvalue weighted by Gasteiger charge is -2.35. The van der Waals surface area contributed by atoms with Gasteiger partial charge in [-0.15, -0.1) is 11.3 Å². The predicted octanol–water partition coefficient (Wildman–Crippen LogP) is 4.09. The highest BCUT2D eigenvalue weighted by molar-refractivity contribution is 7.99. The number of hydrogen-bond acceptors (Lipinski definition) is 7. The Morgan fingerprint density at radius 3 is 2.68 bits per heavy atom. The number of hydrogen-bond donors (Lipinski definition) is 0. The second kappa shape index (κ2) is 10.3. The van der Waals surface area contributed by atoms with Crippen molar-refractivity contribution in [1.29, 1.82) is 0 Å². The van der Waals surface area contributed by atoms with Gasteiger partial charge in [-0.25, -0.2) is 9.78 Å². The smallest absolute Gasteiger partial charge is 0.328 e. The molecule has 0 spiro atoms. The minimum atomic E-state index is -0.659. The summed E-state index contributed by atoms with van der Waals surface area (Å²) in [6.07, 6.45) is 2.23. The summed E-state index contributed by atoms with van der Waals surface area (Å²) in [5, 5.41) is 1.22. The van der Waals surface area contributed by atoms with Crippen molar-refractivity contribution in [3.05, 3.63) is 56.2 Å². The largest absolute Gasteiger partial charge is 0.467 e. The number of thiophene rings is 1. The number of methoxy groups -OCH3 is 1. The van der Waals surface area contributed by atoms with Crippen molar-refractivity contribution in [2.24, 2.45) is 0 Å². The lowest BCUT2D eigenvalue weighted by molar-refractivity contribution is -0.153. The van der Waals surface area contributed by atoms with Crippen molar-refractivity contribution in [3.63, 3.8) is 0 Å². The van der Waals surface area contributed by atoms with Crippen LogP contribution in [0.3, 0.4) is 0 Å². The molecule has 7 nitrogen and oxygen atoms in total. The van der Waals surface area contributed by atoms with E-state index in [0.717, 1.165) is 34.4 Å². The Morgan fingerprint density at radius 1 is 1.24 bits per heavy atom. The lowest BCUT2D eigenvalue weighted by Crippen LogP contribution is -2.49. The van der Waals surface area contributed by atoms with Gasteiger partial charge < -0.3 is 9.64 Å². The fourth-order valence-electron chi connectivity index (χ4n) is 4.27. The van der Waals surface area contributed by atoms with Gasteiger partial charge in [0.1, 0.15) is 10.9 Å². The fraction of sp³-hybridized carbons (Fsp3) is 0.440. The molecule has 3 heterocycles. The van der Waals surface area contributed by atoms with Crippen molar-refractivity contribution in [2.45, 2.75) is 64.3 Å². The topological polar surface area (TPSA) is 81.5 Å². The molecular formula is C25H29N3O4S2. The van der Waals surface area contributed by atoms with E-state index in [0.29, 0.717) is 34.9 Å². The minimum absolute atomic E-state index is 0.0467. The number of carbonyl (C=O) groups excluding carboxylic acids is 2. The second-order valence-corrected chi connectivity index (χ2v) is 10.6. The van der Waals surface area contributed by atoms with Crippen molar-refractivity contribution in [2.75, 3.05) is 12.9 Å². The second-order valence-electron chi connectivity index (χ2n) is 8.49. The number of esters is 1. The molecule has 3 aromatic rings. The molecule has 1 aliphatic rings. The van der Waals surface area contributed by atoms with Crippen LogP contribution in [0.15, 0.2) is 34.2 Å². The van der Waals surface area contributed by atoms with Crippen LogP contribution in [0.1, 0.15) is 41.3 Å². The molecule has 0 N–H and O–H groups in total. The number of aryl methyl sites for hydroxylation is 2. The maximum atomic E-state index is 13.3. The Balaban J connectivity index is 1.62. The van der Waals surface area contributed by atoms with Crippen molar-refractivity contribution in [1.82, 2.24) is 14.5 Å². The lowest BCUT2D eigenvalue weighted by atomic mass is 9.94. The molecule has 0 aliphatic carbocycles. The number of amides is 1. The number of nitrogens with zero attached hydrogens (tertiary/aromatic N) is 3. The van der Waals surface area contributed by atoms with Crippen LogP contribution in [0.5, 0.6) is 0 Å². The minimum Gasteiger partial charge on any atom is -0.467 e. The van der Waals surface area contributed by atoms with Gasteiger partial charge in [-0.3, -0.25) is 14.2 Å². The first-order chi connectivity index (χ1) is 16.3. The zero-order valence-electron chi connectivity index (χ0n) is 19.9. The van der Waals surface area contributed by atoms with Gasteiger partial charge >= 0.3 is 5.97 Å². The van der Waals surface area contributed by atoms with Crippen LogP contribution in [0.2, 0.25) is 0 Å². The number of unbranched alkanes of at least 4 members (excludes halogenated alkanes) is 1. The molecule has 9 heteroatoms. The van der Waals surface area contributed by atoms with Crippen LogP contribution in [0.4, 0.5) is 0 Å². The van der Waals surface area contributed by atoms with Gasteiger partial charge in [-0.2, -0.15) is 0 Å². The van der Waals surface area contributed by atoms with Crippen molar-refractivity contribution >= 4 is 45.2 Å². The molecule has 0 unspecified atom stereocenters. The zero-order valence-corrected chi connectivity index (χ0v) is 21.6. The van der Waals surface area contributed by atoms with Crippen molar-refractivity contribution in [3.8, 4) is 0 Å². The average Bonchev–Trinajstić information content (AvgIpc) is 3.13. The first kappa shape index (κ1) is 24.5. The van der Waals surface area contributed by atoms with Crippen LogP contribution < -0.4 is 5.56 Å². The van der Waals surface area contributed by atoms with Gasteiger partial charge in [0.05, 0.1) is 18.2 Å². The van der Waals surface area contributed by atoms with Crippen LogP contribution in [0, 0.1) is 13.8 Å². The Bertz CT molecular complexity index is 1300. The third kappa shape index (κ3) is 4.63. The first-order valence-electron chi connectivity index (χ1n) is 11.4. The van der Waals surface area contributed by atoms with E-state index >= 15 is 0 Å². The van der Waals surface area contributed by atoms with E-state index in [9.17, 15) is 14.4 Å². The van der Waals surface area contributed by atoms with Crippen LogP contribution >= 0.6 is 23.1 Å². The summed E-state index contributed by atoms with van der Waals surface area (Å²) in [6, 6.07) is 7.18. The highest BCUT2D eigenvalue weighted by Crippen LogP contribution is 2.30. The Hall–Kier alpha value is -2.65. The predicted molar refractivity (Wildman–Crippen MR) is 135 cm³/mol. The molecule has 1 atom stereocenters. The van der Waals surface area contributed by atoms with Crippen molar-refractivity contribution < 1.29 is 14.3 Å². The molecule has 0 bridgehead atoms. The summed E-state index contributed by atoms with van der Waals surface area (Å²) in [5.41, 5.74) is 3.02. The monoisotopic (exact) mass is 499 g/mol. The van der Waals surface area contributed by atoms with E-state index in [4.69, 9.17) is 9.72 Å². The molecule has 180 valence electrons. The Kier molecular flexibility index (Phi) is 7.42. The number of thioether (sulfide) groups is 1. The average molecular weight is 500 g/mol. The molecule has 34 heavy (non-hydrogen) atoms. The van der Waals surface area contributed by atoms with Crippen LogP contribution in [0.25, 0.3) is 10.2 Å². The number of fused-ring (bicyclic) bond motifs is 2. The van der Waals surface area contributed by atoms with E-state index in [1.54, 1.807) is 9.47 Å². The van der Waals surface area contributed by atoms with E-state index in [2.05, 4.69) is 6.92 Å². The van der Waals surface area contributed by atoms with Crippen LogP contribution in [-0.4, -0.2) is 45.2 Å². The number of ether oxygens (including phenoxy) is 1. The summed E-state index contributed by atoms with van der Waals surface area (Å²) in [6.45, 7) is 6.95. The summed E-state index contributed by atoms with van der Waals surface area (Å²) >= 11 is 2.77. The molecule has 0 saturated carbocycles. The molecule has 1 amide bonds. The molecule has 2 aromatic heterocycles. The molecule has 4 rings (SSSR count). The molecular weight excluding hydrogens is 470 g/mol. The maximum absolute atomic E-state index is 13.3. The van der Waals surface area contributed by atoms with Gasteiger partial charge in [0.15, 0.2) is 5.16 Å². The third-order valence-corrected chi connectivity index (χ3v) is 8.42. The third-order valence-electron chi connectivity index (χ3n) is 6.36. The van der Waals surface area contributed by atoms with Gasteiger partial charge in [0.25, 0.3) is 5.56 Å². The molecule has 0 saturated heterocycles. The Morgan fingerprint density at radius 2 is 1.97 bits per heavy atom. The number of carbonyl (C=O) groups is 2. The fourth-order valence-corrected chi connectivity index (χ4v) is 6.25. The van der Waals surface area contributed by atoms with Gasteiger partial charge in [-0.05, 0) is 37.0 Å². The van der Waals surface area contributed by atoms with Gasteiger partial charge in [0, 0.05) is 24.4 Å². The van der Waals surface area contributed by atoms with E-state index in [1.807, 2.05) is 38.1 Å². The molecule has 0 fully saturated rings. The standard InChI is InChI=1S/C25H29N3O4S2/c1-5-6-11-27-23(30)21-15(2)16(3)34-22(21)26-25(27)33-14-20(29)28-13-18-10-8-7-9-17(18)12-19(28)24(31)32-4/h7-10,19H,5-6,11-14H2,1-4H3/t19-/m1/s1. The highest BCUT2D eigenvalue weighted by Gasteiger charge is 2.35. The van der Waals surface area contributed by atoms with Crippen LogP contribution in [-0.2, 0) is 33.8 Å². The molecule has 1 aromatic carbocycles. The van der Waals surface area contributed by atoms with E-state index in [1.165, 1.54) is 30.2 Å². The van der Waals surface area contributed by atoms with E-state index < -0.39 is 12.0 Å². The summed E-state index contributed by atoms with van der Waals surface area (Å²) in [7, 11) is 1.34. The molecule has 1 aliphatic heterocycles. The Labute approximate surface area is 207 Å². The number of aromatic nitrogens is 2. The summed E-state index contributed by atoms with van der Waals surface area (Å²) < 4.78 is 6.69. The SMILES string of the molecule is CCCCn1c(SCC(=O)N2Cc3ccccc3C[C@@H]2C(=O)OC)nc2sc(C)c(C)c2c1=O. The zero-order chi connectivity index (χ0) is 24.4. The molecule has 0 radical (unpaired) electrons. The summed E-state index contributed by atoms with van der Waals surface area (Å²) in [4.78, 5) is 47.3. The number of benzene rings is 1. The maximum Gasteiger partial charge on any atom is 0.328 e. The summed E-state index contributed by atoms with van der Waals surface area (Å²) in [5.74, 6) is -0.509.